The normalized spacial score (nSPS) is 14.7. The predicted octanol–water partition coefficient (Wildman–Crippen LogP) is 1.40. The quantitative estimate of drug-likeness (QED) is 0.451. The second-order valence-electron chi connectivity index (χ2n) is 4.51. The molecule has 0 amide bonds. The van der Waals surface area contributed by atoms with Gasteiger partial charge in [-0.25, -0.2) is 0 Å². The van der Waals surface area contributed by atoms with Gasteiger partial charge in [0.05, 0.1) is 5.90 Å². The third kappa shape index (κ3) is 2.55. The maximum absolute atomic E-state index is 12.0. The van der Waals surface area contributed by atoms with E-state index < -0.39 is 0 Å². The van der Waals surface area contributed by atoms with Crippen LogP contribution in [0.2, 0.25) is 0 Å². The molecule has 0 N–H and O–H groups in total. The van der Waals surface area contributed by atoms with E-state index in [1.54, 1.807) is 16.8 Å². The molecule has 0 fully saturated rings. The molecule has 3 heteroatoms. The topological polar surface area (TPSA) is 38.4 Å². The first-order valence-electron chi connectivity index (χ1n) is 6.33. The van der Waals surface area contributed by atoms with Gasteiger partial charge in [-0.3, -0.25) is 0 Å². The van der Waals surface area contributed by atoms with Crippen LogP contribution in [0.1, 0.15) is 16.7 Å². The average Bonchev–Trinajstić information content (AvgIpc) is 2.48. The van der Waals surface area contributed by atoms with E-state index in [-0.39, 0.29) is 5.90 Å². The van der Waals surface area contributed by atoms with Crippen LogP contribution in [-0.4, -0.2) is 23.3 Å². The molecule has 0 aromatic heterocycles. The van der Waals surface area contributed by atoms with Gasteiger partial charge in [0.1, 0.15) is 0 Å². The van der Waals surface area contributed by atoms with E-state index in [2.05, 4.69) is 11.2 Å². The Morgan fingerprint density at radius 3 is 2.58 bits per heavy atom. The second kappa shape index (κ2) is 5.06. The predicted molar refractivity (Wildman–Crippen MR) is 73.4 cm³/mol. The largest absolute Gasteiger partial charge is 0.854 e. The summed E-state index contributed by atoms with van der Waals surface area (Å²) in [6.45, 7) is 0.746. The van der Waals surface area contributed by atoms with Gasteiger partial charge in [0.25, 0.3) is 0 Å². The lowest BCUT2D eigenvalue weighted by atomic mass is 10.0. The molecule has 1 heterocycles. The number of hydrogen-bond donors (Lipinski definition) is 0. The van der Waals surface area contributed by atoms with E-state index >= 15 is 0 Å². The van der Waals surface area contributed by atoms with Crippen LogP contribution in [0, 0.1) is 0 Å². The van der Waals surface area contributed by atoms with Crippen LogP contribution in [0.5, 0.6) is 0 Å². The lowest BCUT2D eigenvalue weighted by molar-refractivity contribution is -0.533. The van der Waals surface area contributed by atoms with Crippen LogP contribution >= 0.6 is 0 Å². The molecule has 2 aromatic carbocycles. The fourth-order valence-electron chi connectivity index (χ4n) is 2.18. The molecule has 2 aromatic rings. The summed E-state index contributed by atoms with van der Waals surface area (Å²) in [6, 6.07) is 17.3. The standard InChI is InChI=1S/C16H14N2O/c19-16(14-7-2-1-3-8-14)17-18-11-10-13-6-4-5-9-15(13)12-18/h1-9,12H,10-11H2. The second-order valence-corrected chi connectivity index (χ2v) is 4.51. The monoisotopic (exact) mass is 250 g/mol. The molecule has 0 atom stereocenters. The Kier molecular flexibility index (Phi) is 3.11. The molecule has 19 heavy (non-hydrogen) atoms. The first kappa shape index (κ1) is 11.7. The van der Waals surface area contributed by atoms with Gasteiger partial charge in [0, 0.05) is 12.0 Å². The van der Waals surface area contributed by atoms with Crippen molar-refractivity contribution in [2.75, 3.05) is 6.54 Å². The summed E-state index contributed by atoms with van der Waals surface area (Å²) >= 11 is 0. The summed E-state index contributed by atoms with van der Waals surface area (Å²) in [4.78, 5) is 0. The summed E-state index contributed by atoms with van der Waals surface area (Å²) in [5.74, 6) is -0.198. The minimum absolute atomic E-state index is 0.198. The van der Waals surface area contributed by atoms with Crippen molar-refractivity contribution >= 4 is 12.1 Å². The molecule has 94 valence electrons. The van der Waals surface area contributed by atoms with Gasteiger partial charge in [-0.1, -0.05) is 53.2 Å². The Labute approximate surface area is 112 Å². The Morgan fingerprint density at radius 1 is 1.00 bits per heavy atom. The summed E-state index contributed by atoms with van der Waals surface area (Å²) in [5.41, 5.74) is 3.06. The van der Waals surface area contributed by atoms with Crippen molar-refractivity contribution in [3.8, 4) is 0 Å². The molecule has 3 nitrogen and oxygen atoms in total. The lowest BCUT2D eigenvalue weighted by Gasteiger charge is -2.11. The highest BCUT2D eigenvalue weighted by Gasteiger charge is 2.14. The third-order valence-corrected chi connectivity index (χ3v) is 3.19. The van der Waals surface area contributed by atoms with Crippen molar-refractivity contribution < 1.29 is 9.79 Å². The molecule has 0 saturated carbocycles. The first-order valence-corrected chi connectivity index (χ1v) is 6.33. The van der Waals surface area contributed by atoms with Gasteiger partial charge in [0.2, 0.25) is 6.21 Å². The van der Waals surface area contributed by atoms with Crippen molar-refractivity contribution in [3.63, 3.8) is 0 Å². The number of hydrogen-bond acceptors (Lipinski definition) is 2. The zero-order valence-electron chi connectivity index (χ0n) is 10.5. The van der Waals surface area contributed by atoms with E-state index in [1.165, 1.54) is 5.56 Å². The highest BCUT2D eigenvalue weighted by Crippen LogP contribution is 2.11. The Hall–Kier alpha value is -2.42. The number of hydrazone groups is 1. The average molecular weight is 250 g/mol. The first-order chi connectivity index (χ1) is 9.33. The molecule has 0 unspecified atom stereocenters. The Balaban J connectivity index is 1.91. The molecule has 0 saturated heterocycles. The zero-order valence-corrected chi connectivity index (χ0v) is 10.5. The summed E-state index contributed by atoms with van der Waals surface area (Å²) in [6.07, 6.45) is 2.85. The molecule has 0 aliphatic carbocycles. The molecule has 0 radical (unpaired) electrons. The van der Waals surface area contributed by atoms with Crippen molar-refractivity contribution in [3.05, 3.63) is 71.3 Å². The summed E-state index contributed by atoms with van der Waals surface area (Å²) in [7, 11) is 0. The molecule has 1 aliphatic heterocycles. The minimum atomic E-state index is -0.198. The summed E-state index contributed by atoms with van der Waals surface area (Å²) < 4.78 is 1.73. The van der Waals surface area contributed by atoms with Crippen molar-refractivity contribution in [1.29, 1.82) is 0 Å². The number of fused-ring (bicyclic) bond motifs is 1. The third-order valence-electron chi connectivity index (χ3n) is 3.19. The van der Waals surface area contributed by atoms with Crippen molar-refractivity contribution in [2.45, 2.75) is 6.42 Å². The van der Waals surface area contributed by atoms with Gasteiger partial charge in [-0.15, -0.1) is 0 Å². The van der Waals surface area contributed by atoms with Crippen LogP contribution in [0.15, 0.2) is 59.7 Å². The maximum Gasteiger partial charge on any atom is 0.203 e. The molecular formula is C16H14N2O. The molecule has 0 spiro atoms. The van der Waals surface area contributed by atoms with Crippen LogP contribution in [0.4, 0.5) is 0 Å². The molecule has 3 rings (SSSR count). The SMILES string of the molecule is [O-]/C(=N\[N+]1=Cc2ccccc2CC1)c1ccccc1. The minimum Gasteiger partial charge on any atom is -0.854 e. The molecular weight excluding hydrogens is 236 g/mol. The molecule has 0 bridgehead atoms. The zero-order chi connectivity index (χ0) is 13.1. The van der Waals surface area contributed by atoms with Crippen LogP contribution in [0.25, 0.3) is 0 Å². The fraction of sp³-hybridized carbons (Fsp3) is 0.125. The van der Waals surface area contributed by atoms with Crippen molar-refractivity contribution in [2.24, 2.45) is 5.10 Å². The lowest BCUT2D eigenvalue weighted by Crippen LogP contribution is -2.25. The van der Waals surface area contributed by atoms with E-state index in [4.69, 9.17) is 0 Å². The Bertz CT molecular complexity index is 645. The Morgan fingerprint density at radius 2 is 1.74 bits per heavy atom. The maximum atomic E-state index is 12.0. The number of benzene rings is 2. The van der Waals surface area contributed by atoms with Gasteiger partial charge in [-0.05, 0) is 22.3 Å². The van der Waals surface area contributed by atoms with Gasteiger partial charge in [0.15, 0.2) is 6.54 Å². The van der Waals surface area contributed by atoms with Crippen LogP contribution in [0.3, 0.4) is 0 Å². The van der Waals surface area contributed by atoms with E-state index in [9.17, 15) is 5.11 Å². The number of nitrogens with zero attached hydrogens (tertiary/aromatic N) is 2. The smallest absolute Gasteiger partial charge is 0.203 e. The summed E-state index contributed by atoms with van der Waals surface area (Å²) in [5, 5.41) is 16.1. The highest BCUT2D eigenvalue weighted by molar-refractivity contribution is 5.90. The van der Waals surface area contributed by atoms with Gasteiger partial charge < -0.3 is 5.11 Å². The highest BCUT2D eigenvalue weighted by atomic mass is 16.3. The van der Waals surface area contributed by atoms with Gasteiger partial charge in [-0.2, -0.15) is 0 Å². The van der Waals surface area contributed by atoms with E-state index in [0.717, 1.165) is 18.5 Å². The number of rotatable bonds is 2. The molecule has 1 aliphatic rings. The van der Waals surface area contributed by atoms with Crippen molar-refractivity contribution in [1.82, 2.24) is 0 Å². The van der Waals surface area contributed by atoms with Gasteiger partial charge >= 0.3 is 0 Å². The van der Waals surface area contributed by atoms with Crippen LogP contribution < -0.4 is 5.11 Å². The van der Waals surface area contributed by atoms with E-state index in [0.29, 0.717) is 5.56 Å². The van der Waals surface area contributed by atoms with Crippen LogP contribution in [-0.2, 0) is 6.42 Å². The van der Waals surface area contributed by atoms with E-state index in [1.807, 2.05) is 42.6 Å². The fourth-order valence-corrected chi connectivity index (χ4v) is 2.18.